The first-order chi connectivity index (χ1) is 11.1. The quantitative estimate of drug-likeness (QED) is 0.608. The monoisotopic (exact) mass is 312 g/mol. The highest BCUT2D eigenvalue weighted by Crippen LogP contribution is 2.44. The molecule has 2 heteroatoms. The zero-order valence-corrected chi connectivity index (χ0v) is 14.3. The van der Waals surface area contributed by atoms with Gasteiger partial charge in [-0.25, -0.2) is 0 Å². The highest BCUT2D eigenvalue weighted by atomic mass is 16.3. The van der Waals surface area contributed by atoms with Gasteiger partial charge in [0, 0.05) is 16.5 Å². The van der Waals surface area contributed by atoms with Crippen molar-refractivity contribution in [2.75, 3.05) is 0 Å². The van der Waals surface area contributed by atoms with Crippen LogP contribution in [0.25, 0.3) is 0 Å². The van der Waals surface area contributed by atoms with Crippen molar-refractivity contribution < 1.29 is 10.2 Å². The van der Waals surface area contributed by atoms with Gasteiger partial charge in [-0.05, 0) is 18.6 Å². The van der Waals surface area contributed by atoms with Gasteiger partial charge < -0.3 is 10.2 Å². The molecule has 2 N–H and O–H groups in total. The molecule has 0 heterocycles. The van der Waals surface area contributed by atoms with Crippen LogP contribution in [-0.2, 0) is 5.41 Å². The van der Waals surface area contributed by atoms with Crippen molar-refractivity contribution in [2.24, 2.45) is 0 Å². The van der Waals surface area contributed by atoms with Crippen molar-refractivity contribution in [1.29, 1.82) is 0 Å². The predicted octanol–water partition coefficient (Wildman–Crippen LogP) is 5.76. The lowest BCUT2D eigenvalue weighted by molar-refractivity contribution is 0.403. The lowest BCUT2D eigenvalue weighted by Gasteiger charge is -2.32. The van der Waals surface area contributed by atoms with Crippen LogP contribution in [0.5, 0.6) is 11.5 Å². The molecular formula is C21H28O2. The van der Waals surface area contributed by atoms with Crippen molar-refractivity contribution in [3.8, 4) is 11.5 Å². The van der Waals surface area contributed by atoms with Gasteiger partial charge >= 0.3 is 0 Å². The van der Waals surface area contributed by atoms with Crippen LogP contribution in [0.15, 0.2) is 48.5 Å². The molecule has 124 valence electrons. The molecule has 0 radical (unpaired) electrons. The molecule has 0 unspecified atom stereocenters. The molecule has 0 fully saturated rings. The molecular weight excluding hydrogens is 284 g/mol. The summed E-state index contributed by atoms with van der Waals surface area (Å²) in [4.78, 5) is 0. The fourth-order valence-corrected chi connectivity index (χ4v) is 3.38. The maximum atomic E-state index is 10.4. The molecule has 2 aromatic carbocycles. The Morgan fingerprint density at radius 1 is 0.739 bits per heavy atom. The predicted molar refractivity (Wildman–Crippen MR) is 96.0 cm³/mol. The second-order valence-electron chi connectivity index (χ2n) is 6.53. The molecule has 0 aromatic heterocycles. The highest BCUT2D eigenvalue weighted by molar-refractivity contribution is 5.50. The first-order valence-corrected chi connectivity index (χ1v) is 8.66. The Hall–Kier alpha value is -1.96. The van der Waals surface area contributed by atoms with E-state index in [0.29, 0.717) is 11.5 Å². The number of rotatable bonds is 8. The third-order valence-corrected chi connectivity index (χ3v) is 4.78. The Balaban J connectivity index is 2.32. The Bertz CT molecular complexity index is 573. The van der Waals surface area contributed by atoms with E-state index in [9.17, 15) is 10.2 Å². The van der Waals surface area contributed by atoms with E-state index in [4.69, 9.17) is 0 Å². The van der Waals surface area contributed by atoms with E-state index >= 15 is 0 Å². The smallest absolute Gasteiger partial charge is 0.119 e. The number of unbranched alkanes of at least 4 members (excludes halogenated alkanes) is 4. The zero-order chi connectivity index (χ0) is 16.7. The average molecular weight is 312 g/mol. The molecule has 0 aliphatic carbocycles. The van der Waals surface area contributed by atoms with Crippen molar-refractivity contribution in [3.63, 3.8) is 0 Å². The van der Waals surface area contributed by atoms with Gasteiger partial charge in [0.1, 0.15) is 11.5 Å². The number of aromatic hydroxyl groups is 2. The molecule has 2 aromatic rings. The molecule has 0 saturated heterocycles. The van der Waals surface area contributed by atoms with Crippen LogP contribution in [0, 0.1) is 0 Å². The number of phenols is 2. The zero-order valence-electron chi connectivity index (χ0n) is 14.3. The Morgan fingerprint density at radius 2 is 1.22 bits per heavy atom. The SMILES string of the molecule is CCCCCCCC(C)(c1ccccc1O)c1ccccc1O. The molecule has 0 atom stereocenters. The van der Waals surface area contributed by atoms with E-state index in [1.165, 1.54) is 25.7 Å². The summed E-state index contributed by atoms with van der Waals surface area (Å²) in [6.07, 6.45) is 6.92. The van der Waals surface area contributed by atoms with E-state index in [1.54, 1.807) is 12.1 Å². The summed E-state index contributed by atoms with van der Waals surface area (Å²) in [6, 6.07) is 15.0. The molecule has 0 aliphatic heterocycles. The summed E-state index contributed by atoms with van der Waals surface area (Å²) < 4.78 is 0. The maximum Gasteiger partial charge on any atom is 0.119 e. The number of benzene rings is 2. The highest BCUT2D eigenvalue weighted by Gasteiger charge is 2.32. The molecule has 0 bridgehead atoms. The van der Waals surface area contributed by atoms with Gasteiger partial charge in [0.15, 0.2) is 0 Å². The van der Waals surface area contributed by atoms with E-state index in [2.05, 4.69) is 13.8 Å². The van der Waals surface area contributed by atoms with Gasteiger partial charge in [0.2, 0.25) is 0 Å². The Morgan fingerprint density at radius 3 is 1.70 bits per heavy atom. The number of hydrogen-bond acceptors (Lipinski definition) is 2. The first kappa shape index (κ1) is 17.4. The normalized spacial score (nSPS) is 11.6. The van der Waals surface area contributed by atoms with Crippen LogP contribution >= 0.6 is 0 Å². The first-order valence-electron chi connectivity index (χ1n) is 8.66. The van der Waals surface area contributed by atoms with Crippen LogP contribution in [0.1, 0.15) is 63.5 Å². The van der Waals surface area contributed by atoms with Crippen molar-refractivity contribution in [3.05, 3.63) is 59.7 Å². The minimum absolute atomic E-state index is 0.298. The fourth-order valence-electron chi connectivity index (χ4n) is 3.38. The second kappa shape index (κ2) is 8.05. The number of para-hydroxylation sites is 2. The van der Waals surface area contributed by atoms with Crippen LogP contribution in [0.4, 0.5) is 0 Å². The van der Waals surface area contributed by atoms with E-state index in [0.717, 1.165) is 24.0 Å². The third-order valence-electron chi connectivity index (χ3n) is 4.78. The van der Waals surface area contributed by atoms with Gasteiger partial charge in [-0.3, -0.25) is 0 Å². The van der Waals surface area contributed by atoms with Crippen LogP contribution in [0.2, 0.25) is 0 Å². The Kier molecular flexibility index (Phi) is 6.09. The molecule has 23 heavy (non-hydrogen) atoms. The van der Waals surface area contributed by atoms with Gasteiger partial charge in [-0.1, -0.05) is 82.3 Å². The van der Waals surface area contributed by atoms with Crippen LogP contribution in [0.3, 0.4) is 0 Å². The molecule has 2 nitrogen and oxygen atoms in total. The second-order valence-corrected chi connectivity index (χ2v) is 6.53. The fraction of sp³-hybridized carbons (Fsp3) is 0.429. The van der Waals surface area contributed by atoms with E-state index in [1.807, 2.05) is 36.4 Å². The molecule has 0 spiro atoms. The van der Waals surface area contributed by atoms with Gasteiger partial charge in [0.25, 0.3) is 0 Å². The topological polar surface area (TPSA) is 40.5 Å². The average Bonchev–Trinajstić information content (AvgIpc) is 2.55. The summed E-state index contributed by atoms with van der Waals surface area (Å²) >= 11 is 0. The van der Waals surface area contributed by atoms with Gasteiger partial charge in [-0.2, -0.15) is 0 Å². The Labute approximate surface area is 139 Å². The molecule has 0 amide bonds. The minimum Gasteiger partial charge on any atom is -0.508 e. The third kappa shape index (κ3) is 4.07. The summed E-state index contributed by atoms with van der Waals surface area (Å²) in [5.41, 5.74) is 1.39. The molecule has 2 rings (SSSR count). The van der Waals surface area contributed by atoms with Crippen molar-refractivity contribution in [2.45, 2.75) is 57.8 Å². The van der Waals surface area contributed by atoms with Crippen LogP contribution < -0.4 is 0 Å². The lowest BCUT2D eigenvalue weighted by Crippen LogP contribution is -2.24. The number of hydrogen-bond donors (Lipinski definition) is 2. The number of phenolic OH excluding ortho intramolecular Hbond substituents is 2. The van der Waals surface area contributed by atoms with Gasteiger partial charge in [-0.15, -0.1) is 0 Å². The summed E-state index contributed by atoms with van der Waals surface area (Å²) in [6.45, 7) is 4.34. The van der Waals surface area contributed by atoms with E-state index < -0.39 is 0 Å². The summed E-state index contributed by atoms with van der Waals surface area (Å²) in [5.74, 6) is 0.596. The van der Waals surface area contributed by atoms with Gasteiger partial charge in [0.05, 0.1) is 0 Å². The molecule has 0 aliphatic rings. The standard InChI is InChI=1S/C21H28O2/c1-3-4-5-6-11-16-21(2,17-12-7-9-14-19(17)22)18-13-8-10-15-20(18)23/h7-10,12-15,22-23H,3-6,11,16H2,1-2H3. The molecule has 0 saturated carbocycles. The largest absolute Gasteiger partial charge is 0.508 e. The minimum atomic E-state index is -0.386. The summed E-state index contributed by atoms with van der Waals surface area (Å²) in [5, 5.41) is 20.7. The van der Waals surface area contributed by atoms with Crippen molar-refractivity contribution >= 4 is 0 Å². The lowest BCUT2D eigenvalue weighted by atomic mass is 9.72. The van der Waals surface area contributed by atoms with E-state index in [-0.39, 0.29) is 5.41 Å². The van der Waals surface area contributed by atoms with Crippen LogP contribution in [-0.4, -0.2) is 10.2 Å². The maximum absolute atomic E-state index is 10.4. The van der Waals surface area contributed by atoms with Crippen molar-refractivity contribution in [1.82, 2.24) is 0 Å². The summed E-state index contributed by atoms with van der Waals surface area (Å²) in [7, 11) is 0.